The molecule has 1 aromatic carbocycles. The van der Waals surface area contributed by atoms with Gasteiger partial charge in [-0.25, -0.2) is 9.97 Å². The van der Waals surface area contributed by atoms with Crippen LogP contribution in [0.1, 0.15) is 55.5 Å². The summed E-state index contributed by atoms with van der Waals surface area (Å²) >= 11 is 6.18. The van der Waals surface area contributed by atoms with Gasteiger partial charge in [-0.1, -0.05) is 36.2 Å². The van der Waals surface area contributed by atoms with Gasteiger partial charge in [0, 0.05) is 42.3 Å². The molecule has 3 heterocycles. The van der Waals surface area contributed by atoms with Crippen molar-refractivity contribution >= 4 is 34.7 Å². The number of nitrogens with zero attached hydrogens (tertiary/aromatic N) is 4. The third-order valence-electron chi connectivity index (χ3n) is 6.40. The Morgan fingerprint density at radius 1 is 1.07 bits per heavy atom. The summed E-state index contributed by atoms with van der Waals surface area (Å²) in [6.45, 7) is 1.49. The van der Waals surface area contributed by atoms with E-state index in [2.05, 4.69) is 15.6 Å². The lowest BCUT2D eigenvalue weighted by Crippen LogP contribution is -2.38. The molecule has 0 radical (unpaired) electrons. The number of benzene rings is 1. The van der Waals surface area contributed by atoms with Crippen LogP contribution in [0.25, 0.3) is 17.2 Å². The smallest absolute Gasteiger partial charge is 0.246 e. The Bertz CT molecular complexity index is 1090. The maximum Gasteiger partial charge on any atom is 0.246 e. The molecule has 0 spiro atoms. The van der Waals surface area contributed by atoms with E-state index in [-0.39, 0.29) is 5.91 Å². The summed E-state index contributed by atoms with van der Waals surface area (Å²) in [5, 5.41) is 0.656. The summed E-state index contributed by atoms with van der Waals surface area (Å²) in [4.78, 5) is 24.2. The molecule has 2 aliphatic rings. The van der Waals surface area contributed by atoms with Crippen molar-refractivity contribution in [1.29, 1.82) is 0 Å². The summed E-state index contributed by atoms with van der Waals surface area (Å²) in [6, 6.07) is 11.9. The number of imidazole rings is 1. The lowest BCUT2D eigenvalue weighted by Gasteiger charge is -2.34. The maximum atomic E-state index is 12.7. The van der Waals surface area contributed by atoms with Crippen LogP contribution in [0, 0.1) is 0 Å². The van der Waals surface area contributed by atoms with Gasteiger partial charge in [-0.15, -0.1) is 0 Å². The van der Waals surface area contributed by atoms with Gasteiger partial charge in [-0.3, -0.25) is 4.79 Å². The molecule has 6 heteroatoms. The number of amides is 1. The summed E-state index contributed by atoms with van der Waals surface area (Å²) in [5.74, 6) is 1.79. The minimum Gasteiger partial charge on any atom is -0.339 e. The molecular formula is C24H25ClN4O. The predicted molar refractivity (Wildman–Crippen MR) is 119 cm³/mol. The molecular weight excluding hydrogens is 396 g/mol. The van der Waals surface area contributed by atoms with Crippen molar-refractivity contribution in [2.45, 2.75) is 44.1 Å². The lowest BCUT2D eigenvalue weighted by atomic mass is 9.84. The van der Waals surface area contributed by atoms with Crippen LogP contribution in [-0.4, -0.2) is 38.4 Å². The van der Waals surface area contributed by atoms with Crippen LogP contribution in [0.2, 0.25) is 5.02 Å². The van der Waals surface area contributed by atoms with Crippen molar-refractivity contribution in [2.24, 2.45) is 0 Å². The molecule has 0 N–H and O–H groups in total. The van der Waals surface area contributed by atoms with Crippen LogP contribution in [0.3, 0.4) is 0 Å². The topological polar surface area (TPSA) is 51.0 Å². The average Bonchev–Trinajstić information content (AvgIpc) is 3.10. The van der Waals surface area contributed by atoms with Crippen LogP contribution in [0.4, 0.5) is 0 Å². The third kappa shape index (κ3) is 3.63. The number of carbonyl (C=O) groups excluding carboxylic acids is 1. The summed E-state index contributed by atoms with van der Waals surface area (Å²) in [7, 11) is 0. The Balaban J connectivity index is 1.30. The van der Waals surface area contributed by atoms with Crippen LogP contribution < -0.4 is 0 Å². The fraction of sp³-hybridized carbons (Fsp3) is 0.375. The van der Waals surface area contributed by atoms with E-state index in [9.17, 15) is 4.79 Å². The van der Waals surface area contributed by atoms with Gasteiger partial charge in [0.05, 0.1) is 0 Å². The standard InChI is InChI=1S/C24H25ClN4O/c25-20-8-2-1-5-17(20)10-11-22(30)28-15-12-19(13-16-28)29-23(18-6-3-7-18)27-21-9-4-14-26-24(21)29/h1-2,4-5,8-11,14,18-19H,3,6-7,12-13,15-16H2/b11-10+. The number of carbonyl (C=O) groups is 1. The Morgan fingerprint density at radius 3 is 2.60 bits per heavy atom. The van der Waals surface area contributed by atoms with Gasteiger partial charge in [-0.2, -0.15) is 0 Å². The van der Waals surface area contributed by atoms with E-state index in [0.717, 1.165) is 42.7 Å². The number of likely N-dealkylation sites (tertiary alicyclic amines) is 1. The molecule has 5 rings (SSSR count). The minimum atomic E-state index is 0.0428. The van der Waals surface area contributed by atoms with Crippen molar-refractivity contribution in [1.82, 2.24) is 19.4 Å². The number of hydrogen-bond acceptors (Lipinski definition) is 3. The molecule has 2 aromatic heterocycles. The van der Waals surface area contributed by atoms with E-state index >= 15 is 0 Å². The molecule has 1 saturated heterocycles. The Hall–Kier alpha value is -2.66. The number of rotatable bonds is 4. The highest BCUT2D eigenvalue weighted by atomic mass is 35.5. The van der Waals surface area contributed by atoms with Crippen molar-refractivity contribution in [3.05, 3.63) is 65.1 Å². The highest BCUT2D eigenvalue weighted by molar-refractivity contribution is 6.32. The molecule has 1 saturated carbocycles. The van der Waals surface area contributed by atoms with Crippen LogP contribution >= 0.6 is 11.6 Å². The number of halogens is 1. The minimum absolute atomic E-state index is 0.0428. The fourth-order valence-electron chi connectivity index (χ4n) is 4.48. The van der Waals surface area contributed by atoms with Gasteiger partial charge in [0.1, 0.15) is 11.3 Å². The van der Waals surface area contributed by atoms with Gasteiger partial charge >= 0.3 is 0 Å². The van der Waals surface area contributed by atoms with Gasteiger partial charge in [0.15, 0.2) is 5.65 Å². The van der Waals surface area contributed by atoms with Crippen molar-refractivity contribution in [2.75, 3.05) is 13.1 Å². The highest BCUT2D eigenvalue weighted by Gasteiger charge is 2.31. The van der Waals surface area contributed by atoms with Crippen molar-refractivity contribution in [3.8, 4) is 0 Å². The zero-order valence-electron chi connectivity index (χ0n) is 16.9. The van der Waals surface area contributed by atoms with Crippen LogP contribution in [0.5, 0.6) is 0 Å². The number of piperidine rings is 1. The zero-order valence-corrected chi connectivity index (χ0v) is 17.6. The summed E-state index contributed by atoms with van der Waals surface area (Å²) < 4.78 is 2.38. The first kappa shape index (κ1) is 19.3. The lowest BCUT2D eigenvalue weighted by molar-refractivity contribution is -0.127. The summed E-state index contributed by atoms with van der Waals surface area (Å²) in [6.07, 6.45) is 10.9. The molecule has 154 valence electrons. The van der Waals surface area contributed by atoms with E-state index in [1.807, 2.05) is 41.4 Å². The average molecular weight is 421 g/mol. The number of hydrogen-bond donors (Lipinski definition) is 0. The van der Waals surface area contributed by atoms with Gasteiger partial charge < -0.3 is 9.47 Å². The van der Waals surface area contributed by atoms with E-state index in [0.29, 0.717) is 17.0 Å². The number of aromatic nitrogens is 3. The fourth-order valence-corrected chi connectivity index (χ4v) is 4.68. The second-order valence-corrected chi connectivity index (χ2v) is 8.63. The molecule has 30 heavy (non-hydrogen) atoms. The van der Waals surface area contributed by atoms with E-state index < -0.39 is 0 Å². The largest absolute Gasteiger partial charge is 0.339 e. The highest BCUT2D eigenvalue weighted by Crippen LogP contribution is 2.39. The molecule has 1 aliphatic heterocycles. The molecule has 3 aromatic rings. The third-order valence-corrected chi connectivity index (χ3v) is 6.74. The Morgan fingerprint density at radius 2 is 1.87 bits per heavy atom. The number of fused-ring (bicyclic) bond motifs is 1. The van der Waals surface area contributed by atoms with Crippen LogP contribution in [0.15, 0.2) is 48.7 Å². The summed E-state index contributed by atoms with van der Waals surface area (Å²) in [5.41, 5.74) is 2.84. The second kappa shape index (κ2) is 8.23. The molecule has 2 fully saturated rings. The predicted octanol–water partition coefficient (Wildman–Crippen LogP) is 5.23. The Kier molecular flexibility index (Phi) is 5.30. The zero-order chi connectivity index (χ0) is 20.5. The molecule has 0 unspecified atom stereocenters. The molecule has 0 atom stereocenters. The van der Waals surface area contributed by atoms with E-state index in [4.69, 9.17) is 16.6 Å². The molecule has 1 aliphatic carbocycles. The SMILES string of the molecule is O=C(/C=C/c1ccccc1Cl)N1CCC(n2c(C3CCC3)nc3cccnc32)CC1. The normalized spacial score (nSPS) is 18.2. The van der Waals surface area contributed by atoms with Gasteiger partial charge in [0.2, 0.25) is 5.91 Å². The van der Waals surface area contributed by atoms with E-state index in [1.165, 1.54) is 25.1 Å². The Labute approximate surface area is 181 Å². The quantitative estimate of drug-likeness (QED) is 0.543. The molecule has 1 amide bonds. The molecule has 5 nitrogen and oxygen atoms in total. The van der Waals surface area contributed by atoms with Gasteiger partial charge in [0.25, 0.3) is 0 Å². The van der Waals surface area contributed by atoms with Crippen LogP contribution in [-0.2, 0) is 4.79 Å². The first-order valence-electron chi connectivity index (χ1n) is 10.7. The number of pyridine rings is 1. The van der Waals surface area contributed by atoms with Crippen molar-refractivity contribution < 1.29 is 4.79 Å². The molecule has 0 bridgehead atoms. The monoisotopic (exact) mass is 420 g/mol. The van der Waals surface area contributed by atoms with E-state index in [1.54, 1.807) is 12.2 Å². The second-order valence-electron chi connectivity index (χ2n) is 8.23. The van der Waals surface area contributed by atoms with Crippen molar-refractivity contribution in [3.63, 3.8) is 0 Å². The maximum absolute atomic E-state index is 12.7. The first-order valence-corrected chi connectivity index (χ1v) is 11.1. The first-order chi connectivity index (χ1) is 14.7. The van der Waals surface area contributed by atoms with Gasteiger partial charge in [-0.05, 0) is 55.5 Å².